The maximum Gasteiger partial charge on any atom is 0.320 e. The molecule has 0 saturated carbocycles. The summed E-state index contributed by atoms with van der Waals surface area (Å²) in [5, 5.41) is 8.92. The lowest BCUT2D eigenvalue weighted by Crippen LogP contribution is -2.64. The Labute approximate surface area is 158 Å². The van der Waals surface area contributed by atoms with Gasteiger partial charge >= 0.3 is 5.97 Å². The zero-order valence-corrected chi connectivity index (χ0v) is 15.7. The molecule has 1 saturated heterocycles. The Kier molecular flexibility index (Phi) is 5.23. The number of carboxylic acids is 1. The highest BCUT2D eigenvalue weighted by molar-refractivity contribution is 7.89. The van der Waals surface area contributed by atoms with E-state index in [0.717, 1.165) is 0 Å². The van der Waals surface area contributed by atoms with E-state index in [1.165, 1.54) is 16.4 Å². The first-order chi connectivity index (χ1) is 12.7. The molecule has 144 valence electrons. The number of benzene rings is 2. The standard InChI is InChI=1S/C19H22N2O5S/c1-19(26-15-7-3-2-4-8-15)12-21(13-19)27(24,25)16-9-5-6-14(10-16)11-17(20)18(22)23/h2-10,17H,11-13,20H2,1H3,(H,22,23). The van der Waals surface area contributed by atoms with E-state index >= 15 is 0 Å². The van der Waals surface area contributed by atoms with Gasteiger partial charge in [-0.25, -0.2) is 8.42 Å². The minimum absolute atomic E-state index is 0.0630. The molecule has 7 nitrogen and oxygen atoms in total. The number of carboxylic acid groups (broad SMARTS) is 1. The summed E-state index contributed by atoms with van der Waals surface area (Å²) in [6, 6.07) is 14.4. The Morgan fingerprint density at radius 2 is 1.89 bits per heavy atom. The van der Waals surface area contributed by atoms with Gasteiger partial charge in [0.1, 0.15) is 17.4 Å². The quantitative estimate of drug-likeness (QED) is 0.741. The second kappa shape index (κ2) is 7.30. The molecule has 0 aromatic heterocycles. The second-order valence-corrected chi connectivity index (χ2v) is 8.87. The number of nitrogens with zero attached hydrogens (tertiary/aromatic N) is 1. The summed E-state index contributed by atoms with van der Waals surface area (Å²) < 4.78 is 33.0. The zero-order valence-electron chi connectivity index (χ0n) is 14.9. The maximum absolute atomic E-state index is 12.8. The van der Waals surface area contributed by atoms with Gasteiger partial charge in [0.25, 0.3) is 0 Å². The molecular weight excluding hydrogens is 368 g/mol. The van der Waals surface area contributed by atoms with E-state index in [4.69, 9.17) is 15.6 Å². The number of hydrogen-bond donors (Lipinski definition) is 2. The summed E-state index contributed by atoms with van der Waals surface area (Å²) in [7, 11) is -3.68. The van der Waals surface area contributed by atoms with E-state index in [1.54, 1.807) is 12.1 Å². The summed E-state index contributed by atoms with van der Waals surface area (Å²) in [5.74, 6) is -0.429. The van der Waals surface area contributed by atoms with Crippen molar-refractivity contribution in [2.45, 2.75) is 29.9 Å². The van der Waals surface area contributed by atoms with Crippen LogP contribution < -0.4 is 10.5 Å². The molecule has 1 heterocycles. The number of ether oxygens (including phenoxy) is 1. The molecule has 1 atom stereocenters. The monoisotopic (exact) mass is 390 g/mol. The van der Waals surface area contributed by atoms with Crippen molar-refractivity contribution >= 4 is 16.0 Å². The molecule has 3 N–H and O–H groups in total. The van der Waals surface area contributed by atoms with Crippen molar-refractivity contribution < 1.29 is 23.1 Å². The van der Waals surface area contributed by atoms with Gasteiger partial charge in [-0.2, -0.15) is 4.31 Å². The first-order valence-electron chi connectivity index (χ1n) is 8.51. The van der Waals surface area contributed by atoms with Gasteiger partial charge in [-0.3, -0.25) is 4.79 Å². The van der Waals surface area contributed by atoms with Crippen LogP contribution in [-0.2, 0) is 21.2 Å². The predicted octanol–water partition coefficient (Wildman–Crippen LogP) is 1.48. The highest BCUT2D eigenvalue weighted by Crippen LogP contribution is 2.32. The fourth-order valence-electron chi connectivity index (χ4n) is 3.03. The van der Waals surface area contributed by atoms with Gasteiger partial charge in [0.05, 0.1) is 18.0 Å². The Bertz CT molecular complexity index is 924. The molecule has 2 aromatic rings. The third-order valence-corrected chi connectivity index (χ3v) is 6.23. The van der Waals surface area contributed by atoms with Crippen LogP contribution in [-0.4, -0.2) is 48.5 Å². The Balaban J connectivity index is 1.70. The molecule has 1 aliphatic heterocycles. The Morgan fingerprint density at radius 3 is 2.52 bits per heavy atom. The van der Waals surface area contributed by atoms with Crippen LogP contribution in [0.1, 0.15) is 12.5 Å². The summed E-state index contributed by atoms with van der Waals surface area (Å²) in [6.45, 7) is 2.35. The average molecular weight is 390 g/mol. The smallest absolute Gasteiger partial charge is 0.320 e. The molecule has 3 rings (SSSR count). The summed E-state index contributed by atoms with van der Waals surface area (Å²) in [4.78, 5) is 11.0. The highest BCUT2D eigenvalue weighted by atomic mass is 32.2. The van der Waals surface area contributed by atoms with Crippen molar-refractivity contribution in [1.82, 2.24) is 4.31 Å². The van der Waals surface area contributed by atoms with Crippen molar-refractivity contribution in [3.8, 4) is 5.75 Å². The van der Waals surface area contributed by atoms with Gasteiger partial charge in [-0.1, -0.05) is 30.3 Å². The minimum Gasteiger partial charge on any atom is -0.485 e. The van der Waals surface area contributed by atoms with E-state index in [0.29, 0.717) is 11.3 Å². The highest BCUT2D eigenvalue weighted by Gasteiger charge is 2.47. The van der Waals surface area contributed by atoms with Crippen LogP contribution in [0.25, 0.3) is 0 Å². The normalized spacial score (nSPS) is 17.7. The summed E-state index contributed by atoms with van der Waals surface area (Å²) in [6.07, 6.45) is 0.0630. The number of hydrogen-bond acceptors (Lipinski definition) is 5. The SMILES string of the molecule is CC1(Oc2ccccc2)CN(S(=O)(=O)c2cccc(CC(N)C(=O)O)c2)C1. The lowest BCUT2D eigenvalue weighted by molar-refractivity contribution is -0.138. The molecule has 1 unspecified atom stereocenters. The molecule has 0 bridgehead atoms. The van der Waals surface area contributed by atoms with Crippen LogP contribution >= 0.6 is 0 Å². The third kappa shape index (κ3) is 4.29. The molecule has 2 aromatic carbocycles. The maximum atomic E-state index is 12.8. The van der Waals surface area contributed by atoms with E-state index in [-0.39, 0.29) is 24.4 Å². The number of rotatable bonds is 7. The Morgan fingerprint density at radius 1 is 1.22 bits per heavy atom. The van der Waals surface area contributed by atoms with Gasteiger partial charge in [0, 0.05) is 0 Å². The van der Waals surface area contributed by atoms with Gasteiger partial charge in [0.15, 0.2) is 0 Å². The van der Waals surface area contributed by atoms with Crippen molar-refractivity contribution in [2.24, 2.45) is 5.73 Å². The summed E-state index contributed by atoms with van der Waals surface area (Å²) >= 11 is 0. The van der Waals surface area contributed by atoms with Crippen molar-refractivity contribution in [3.63, 3.8) is 0 Å². The van der Waals surface area contributed by atoms with Crippen LogP contribution in [0, 0.1) is 0 Å². The lowest BCUT2D eigenvalue weighted by atomic mass is 10.00. The van der Waals surface area contributed by atoms with Crippen LogP contribution in [0.4, 0.5) is 0 Å². The van der Waals surface area contributed by atoms with E-state index < -0.39 is 27.6 Å². The van der Waals surface area contributed by atoms with Gasteiger partial charge in [0.2, 0.25) is 10.0 Å². The fourth-order valence-corrected chi connectivity index (χ4v) is 4.77. The first-order valence-corrected chi connectivity index (χ1v) is 9.95. The van der Waals surface area contributed by atoms with Crippen LogP contribution in [0.5, 0.6) is 5.75 Å². The van der Waals surface area contributed by atoms with E-state index in [9.17, 15) is 13.2 Å². The van der Waals surface area contributed by atoms with E-state index in [1.807, 2.05) is 37.3 Å². The second-order valence-electron chi connectivity index (χ2n) is 6.93. The molecule has 0 radical (unpaired) electrons. The zero-order chi connectivity index (χ0) is 19.7. The molecule has 0 amide bonds. The number of nitrogens with two attached hydrogens (primary N) is 1. The molecule has 0 spiro atoms. The Hall–Kier alpha value is -2.42. The van der Waals surface area contributed by atoms with Gasteiger partial charge < -0.3 is 15.6 Å². The van der Waals surface area contributed by atoms with Gasteiger partial charge in [-0.05, 0) is 43.2 Å². The van der Waals surface area contributed by atoms with Crippen molar-refractivity contribution in [1.29, 1.82) is 0 Å². The number of para-hydroxylation sites is 1. The molecule has 27 heavy (non-hydrogen) atoms. The average Bonchev–Trinajstić information content (AvgIpc) is 2.60. The van der Waals surface area contributed by atoms with Crippen LogP contribution in [0.15, 0.2) is 59.5 Å². The lowest BCUT2D eigenvalue weighted by Gasteiger charge is -2.46. The molecule has 1 fully saturated rings. The topological polar surface area (TPSA) is 110 Å². The number of aliphatic carboxylic acids is 1. The molecule has 1 aliphatic rings. The summed E-state index contributed by atoms with van der Waals surface area (Å²) in [5.41, 5.74) is 5.52. The van der Waals surface area contributed by atoms with Crippen molar-refractivity contribution in [3.05, 3.63) is 60.2 Å². The first kappa shape index (κ1) is 19.3. The number of carbonyl (C=O) groups is 1. The van der Waals surface area contributed by atoms with Gasteiger partial charge in [-0.15, -0.1) is 0 Å². The van der Waals surface area contributed by atoms with Crippen LogP contribution in [0.2, 0.25) is 0 Å². The molecular formula is C19H22N2O5S. The third-order valence-electron chi connectivity index (χ3n) is 4.44. The largest absolute Gasteiger partial charge is 0.485 e. The fraction of sp³-hybridized carbons (Fsp3) is 0.316. The van der Waals surface area contributed by atoms with E-state index in [2.05, 4.69) is 0 Å². The molecule has 8 heteroatoms. The van der Waals surface area contributed by atoms with Crippen LogP contribution in [0.3, 0.4) is 0 Å². The predicted molar refractivity (Wildman–Crippen MR) is 100.0 cm³/mol. The molecule has 0 aliphatic carbocycles. The van der Waals surface area contributed by atoms with Crippen molar-refractivity contribution in [2.75, 3.05) is 13.1 Å². The number of sulfonamides is 1. The minimum atomic E-state index is -3.68.